The molecule has 0 bridgehead atoms. The number of amides is 2. The average molecular weight is 645 g/mol. The van der Waals surface area contributed by atoms with Crippen LogP contribution in [0.1, 0.15) is 62.1 Å². The van der Waals surface area contributed by atoms with Gasteiger partial charge in [0.1, 0.15) is 12.6 Å². The molecule has 1 atom stereocenters. The third-order valence-corrected chi connectivity index (χ3v) is 10.5. The highest BCUT2D eigenvalue weighted by atomic mass is 35.5. The highest BCUT2D eigenvalue weighted by Crippen LogP contribution is 2.29. The Morgan fingerprint density at radius 2 is 1.60 bits per heavy atom. The van der Waals surface area contributed by atoms with E-state index in [2.05, 4.69) is 5.32 Å². The summed E-state index contributed by atoms with van der Waals surface area (Å²) in [5.74, 6) is -0.748. The maximum Gasteiger partial charge on any atom is 0.264 e. The van der Waals surface area contributed by atoms with Crippen LogP contribution in [0.3, 0.4) is 0 Å². The van der Waals surface area contributed by atoms with Gasteiger partial charge >= 0.3 is 0 Å². The van der Waals surface area contributed by atoms with Gasteiger partial charge < -0.3 is 10.2 Å². The first-order valence-corrected chi connectivity index (χ1v) is 16.9. The fourth-order valence-electron chi connectivity index (χ4n) is 5.49. The number of halogens is 2. The van der Waals surface area contributed by atoms with Crippen molar-refractivity contribution in [2.24, 2.45) is 0 Å². The Kier molecular flexibility index (Phi) is 11.2. The molecule has 7 nitrogen and oxygen atoms in total. The van der Waals surface area contributed by atoms with Crippen molar-refractivity contribution in [1.29, 1.82) is 0 Å². The number of nitrogens with one attached hydrogen (secondary N) is 1. The number of benzene rings is 3. The van der Waals surface area contributed by atoms with Crippen LogP contribution in [0.5, 0.6) is 0 Å². The highest BCUT2D eigenvalue weighted by molar-refractivity contribution is 7.92. The molecule has 1 saturated carbocycles. The van der Waals surface area contributed by atoms with E-state index in [0.717, 1.165) is 42.0 Å². The van der Waals surface area contributed by atoms with Crippen LogP contribution >= 0.6 is 23.2 Å². The number of nitrogens with zero attached hydrogens (tertiary/aromatic N) is 2. The number of aryl methyl sites for hydroxylation is 2. The van der Waals surface area contributed by atoms with Gasteiger partial charge in [0.05, 0.1) is 20.6 Å². The summed E-state index contributed by atoms with van der Waals surface area (Å²) in [6, 6.07) is 17.9. The molecule has 4 rings (SSSR count). The van der Waals surface area contributed by atoms with Crippen LogP contribution in [0.4, 0.5) is 5.69 Å². The Labute approximate surface area is 265 Å². The lowest BCUT2D eigenvalue weighted by Gasteiger charge is -2.34. The van der Waals surface area contributed by atoms with Crippen LogP contribution in [0.2, 0.25) is 10.0 Å². The average Bonchev–Trinajstić information content (AvgIpc) is 2.98. The van der Waals surface area contributed by atoms with E-state index >= 15 is 0 Å². The summed E-state index contributed by atoms with van der Waals surface area (Å²) >= 11 is 12.4. The van der Waals surface area contributed by atoms with E-state index in [-0.39, 0.29) is 23.4 Å². The summed E-state index contributed by atoms with van der Waals surface area (Å²) in [5, 5.41) is 3.86. The molecule has 1 fully saturated rings. The van der Waals surface area contributed by atoms with Crippen molar-refractivity contribution in [3.8, 4) is 0 Å². The van der Waals surface area contributed by atoms with E-state index in [1.807, 2.05) is 19.9 Å². The first-order valence-electron chi connectivity index (χ1n) is 14.7. The number of para-hydroxylation sites is 1. The maximum atomic E-state index is 14.3. The lowest BCUT2D eigenvalue weighted by molar-refractivity contribution is -0.140. The highest BCUT2D eigenvalue weighted by Gasteiger charge is 2.35. The van der Waals surface area contributed by atoms with E-state index in [0.29, 0.717) is 33.3 Å². The van der Waals surface area contributed by atoms with Gasteiger partial charge in [-0.2, -0.15) is 0 Å². The summed E-state index contributed by atoms with van der Waals surface area (Å²) in [7, 11) is -4.14. The molecule has 0 unspecified atom stereocenters. The molecule has 1 aliphatic carbocycles. The fraction of sp³-hybridized carbons (Fsp3) is 0.394. The number of anilines is 1. The monoisotopic (exact) mass is 643 g/mol. The summed E-state index contributed by atoms with van der Waals surface area (Å²) in [4.78, 5) is 29.5. The summed E-state index contributed by atoms with van der Waals surface area (Å²) in [5.41, 5.74) is 2.69. The number of hydrogen-bond acceptors (Lipinski definition) is 4. The van der Waals surface area contributed by atoms with Gasteiger partial charge in [-0.05, 0) is 74.6 Å². The second kappa shape index (κ2) is 14.6. The Morgan fingerprint density at radius 1 is 0.930 bits per heavy atom. The molecule has 3 aromatic rings. The van der Waals surface area contributed by atoms with Crippen molar-refractivity contribution in [2.45, 2.75) is 82.8 Å². The minimum Gasteiger partial charge on any atom is -0.352 e. The van der Waals surface area contributed by atoms with Crippen molar-refractivity contribution in [1.82, 2.24) is 10.2 Å². The zero-order chi connectivity index (χ0) is 31.1. The molecule has 1 aliphatic rings. The van der Waals surface area contributed by atoms with Gasteiger partial charge in [-0.15, -0.1) is 0 Å². The van der Waals surface area contributed by atoms with Crippen LogP contribution in [0.15, 0.2) is 71.6 Å². The number of sulfonamides is 1. The topological polar surface area (TPSA) is 86.8 Å². The van der Waals surface area contributed by atoms with Gasteiger partial charge in [0.25, 0.3) is 10.0 Å². The van der Waals surface area contributed by atoms with Crippen LogP contribution in [-0.2, 0) is 26.2 Å². The lowest BCUT2D eigenvalue weighted by atomic mass is 9.95. The first kappa shape index (κ1) is 32.8. The Balaban J connectivity index is 1.73. The molecular weight excluding hydrogens is 605 g/mol. The number of carbonyl (C=O) groups excluding carboxylic acids is 2. The Bertz CT molecular complexity index is 1540. The Morgan fingerprint density at radius 3 is 2.23 bits per heavy atom. The quantitative estimate of drug-likeness (QED) is 0.242. The zero-order valence-corrected chi connectivity index (χ0v) is 27.2. The molecule has 0 aliphatic heterocycles. The minimum absolute atomic E-state index is 0.0541. The van der Waals surface area contributed by atoms with E-state index in [1.54, 1.807) is 67.6 Å². The molecule has 3 aromatic carbocycles. The first-order chi connectivity index (χ1) is 20.5. The molecule has 0 aromatic heterocycles. The van der Waals surface area contributed by atoms with Gasteiger partial charge in [0, 0.05) is 12.6 Å². The summed E-state index contributed by atoms with van der Waals surface area (Å²) in [6.07, 6.45) is 5.40. The third-order valence-electron chi connectivity index (χ3n) is 7.95. The zero-order valence-electron chi connectivity index (χ0n) is 24.9. The maximum absolute atomic E-state index is 14.3. The molecular formula is C33H39Cl2N3O4S. The molecule has 43 heavy (non-hydrogen) atoms. The predicted octanol–water partition coefficient (Wildman–Crippen LogP) is 7.06. The smallest absolute Gasteiger partial charge is 0.264 e. The van der Waals surface area contributed by atoms with E-state index in [4.69, 9.17) is 23.2 Å². The molecule has 10 heteroatoms. The van der Waals surface area contributed by atoms with Crippen LogP contribution in [0, 0.1) is 13.8 Å². The number of carbonyl (C=O) groups is 2. The number of hydrogen-bond donors (Lipinski definition) is 1. The normalized spacial score (nSPS) is 14.6. The van der Waals surface area contributed by atoms with Gasteiger partial charge in [0.15, 0.2) is 0 Å². The van der Waals surface area contributed by atoms with E-state index < -0.39 is 28.5 Å². The molecule has 0 saturated heterocycles. The minimum atomic E-state index is -4.14. The third kappa shape index (κ3) is 8.11. The van der Waals surface area contributed by atoms with E-state index in [1.165, 1.54) is 4.90 Å². The second-order valence-electron chi connectivity index (χ2n) is 11.1. The van der Waals surface area contributed by atoms with Gasteiger partial charge in [-0.3, -0.25) is 13.9 Å². The molecule has 0 radical (unpaired) electrons. The van der Waals surface area contributed by atoms with Crippen molar-refractivity contribution < 1.29 is 18.0 Å². The predicted molar refractivity (Wildman–Crippen MR) is 173 cm³/mol. The summed E-state index contributed by atoms with van der Waals surface area (Å²) < 4.78 is 29.3. The lowest BCUT2D eigenvalue weighted by Crippen LogP contribution is -2.54. The number of rotatable bonds is 11. The van der Waals surface area contributed by atoms with Crippen molar-refractivity contribution in [3.05, 3.63) is 93.5 Å². The second-order valence-corrected chi connectivity index (χ2v) is 13.8. The van der Waals surface area contributed by atoms with Crippen LogP contribution in [-0.4, -0.2) is 43.8 Å². The largest absolute Gasteiger partial charge is 0.352 e. The van der Waals surface area contributed by atoms with Crippen molar-refractivity contribution in [3.63, 3.8) is 0 Å². The Hall–Kier alpha value is -3.07. The SMILES string of the molecule is CC[C@@H](C(=O)NC1CCCCC1)N(Cc1ccc(Cl)c(Cl)c1)C(=O)CN(c1ccccc1C)S(=O)(=O)c1ccc(C)cc1. The van der Waals surface area contributed by atoms with Crippen LogP contribution < -0.4 is 9.62 Å². The standard InChI is InChI=1S/C33H39Cl2N3O4S/c1-4-30(33(40)36-26-11-6-5-7-12-26)37(21-25-16-19-28(34)29(35)20-25)32(39)22-38(31-13-9-8-10-24(31)3)43(41,42)27-17-14-23(2)15-18-27/h8-10,13-20,26,30H,4-7,11-12,21-22H2,1-3H3,(H,36,40)/t30-/m0/s1. The molecule has 0 heterocycles. The molecule has 0 spiro atoms. The van der Waals surface area contributed by atoms with E-state index in [9.17, 15) is 18.0 Å². The molecule has 1 N–H and O–H groups in total. The van der Waals surface area contributed by atoms with Crippen molar-refractivity contribution in [2.75, 3.05) is 10.8 Å². The van der Waals surface area contributed by atoms with Gasteiger partial charge in [-0.25, -0.2) is 8.42 Å². The van der Waals surface area contributed by atoms with Gasteiger partial charge in [-0.1, -0.05) is 91.3 Å². The fourth-order valence-corrected chi connectivity index (χ4v) is 7.29. The molecule has 230 valence electrons. The van der Waals surface area contributed by atoms with Crippen LogP contribution in [0.25, 0.3) is 0 Å². The summed E-state index contributed by atoms with van der Waals surface area (Å²) in [6.45, 7) is 5.09. The molecule has 2 amide bonds. The van der Waals surface area contributed by atoms with Gasteiger partial charge in [0.2, 0.25) is 11.8 Å². The van der Waals surface area contributed by atoms with Crippen molar-refractivity contribution >= 4 is 50.7 Å².